The molecule has 6 heteroatoms. The monoisotopic (exact) mass is 212 g/mol. The van der Waals surface area contributed by atoms with Crippen LogP contribution in [0.25, 0.3) is 0 Å². The summed E-state index contributed by atoms with van der Waals surface area (Å²) < 4.78 is 6.33. The van der Waals surface area contributed by atoms with E-state index in [0.717, 1.165) is 18.7 Å². The fraction of sp³-hybridized carbons (Fsp3) is 0.667. The molecule has 0 unspecified atom stereocenters. The number of methoxy groups -OCH3 is 1. The molecule has 1 aromatic rings. The van der Waals surface area contributed by atoms with Crippen molar-refractivity contribution >= 4 is 5.97 Å². The Bertz CT molecular complexity index is 335. The Morgan fingerprint density at radius 3 is 2.87 bits per heavy atom. The molecule has 0 aliphatic heterocycles. The molecule has 2 N–H and O–H groups in total. The molecule has 0 bridgehead atoms. The van der Waals surface area contributed by atoms with Gasteiger partial charge in [-0.1, -0.05) is 12.1 Å². The number of nitrogens with two attached hydrogens (primary N) is 1. The van der Waals surface area contributed by atoms with Gasteiger partial charge in [-0.3, -0.25) is 0 Å². The second kappa shape index (κ2) is 5.45. The summed E-state index contributed by atoms with van der Waals surface area (Å²) in [4.78, 5) is 11.3. The first-order valence-corrected chi connectivity index (χ1v) is 4.95. The molecule has 0 saturated heterocycles. The third-order valence-corrected chi connectivity index (χ3v) is 2.03. The molecule has 0 amide bonds. The van der Waals surface area contributed by atoms with E-state index in [1.54, 1.807) is 4.68 Å². The molecule has 0 aliphatic rings. The maximum Gasteiger partial charge on any atom is 0.360 e. The SMILES string of the molecule is CCCn1nnc(C(=O)OC)c1CCN. The number of hydrogen-bond donors (Lipinski definition) is 1. The third-order valence-electron chi connectivity index (χ3n) is 2.03. The van der Waals surface area contributed by atoms with Gasteiger partial charge in [0.25, 0.3) is 0 Å². The van der Waals surface area contributed by atoms with Gasteiger partial charge in [0.1, 0.15) is 0 Å². The Labute approximate surface area is 88.4 Å². The zero-order chi connectivity index (χ0) is 11.3. The lowest BCUT2D eigenvalue weighted by Crippen LogP contribution is -2.14. The van der Waals surface area contributed by atoms with Gasteiger partial charge >= 0.3 is 5.97 Å². The van der Waals surface area contributed by atoms with Crippen LogP contribution >= 0.6 is 0 Å². The zero-order valence-corrected chi connectivity index (χ0v) is 9.06. The summed E-state index contributed by atoms with van der Waals surface area (Å²) in [6.45, 7) is 3.23. The Morgan fingerprint density at radius 1 is 1.60 bits per heavy atom. The van der Waals surface area contributed by atoms with Crippen molar-refractivity contribution in [1.82, 2.24) is 15.0 Å². The Morgan fingerprint density at radius 2 is 2.33 bits per heavy atom. The largest absolute Gasteiger partial charge is 0.464 e. The summed E-state index contributed by atoms with van der Waals surface area (Å²) in [7, 11) is 1.33. The highest BCUT2D eigenvalue weighted by molar-refractivity contribution is 5.88. The molecule has 15 heavy (non-hydrogen) atoms. The van der Waals surface area contributed by atoms with E-state index in [4.69, 9.17) is 5.73 Å². The summed E-state index contributed by atoms with van der Waals surface area (Å²) in [5, 5.41) is 7.71. The van der Waals surface area contributed by atoms with Crippen LogP contribution in [0.3, 0.4) is 0 Å². The fourth-order valence-electron chi connectivity index (χ4n) is 1.36. The minimum atomic E-state index is -0.458. The van der Waals surface area contributed by atoms with Crippen molar-refractivity contribution in [1.29, 1.82) is 0 Å². The van der Waals surface area contributed by atoms with Crippen LogP contribution in [0.2, 0.25) is 0 Å². The van der Waals surface area contributed by atoms with Crippen molar-refractivity contribution < 1.29 is 9.53 Å². The van der Waals surface area contributed by atoms with Gasteiger partial charge in [0.15, 0.2) is 5.69 Å². The smallest absolute Gasteiger partial charge is 0.360 e. The number of rotatable bonds is 5. The number of ether oxygens (including phenoxy) is 1. The average molecular weight is 212 g/mol. The van der Waals surface area contributed by atoms with Crippen molar-refractivity contribution in [2.45, 2.75) is 26.3 Å². The summed E-state index contributed by atoms with van der Waals surface area (Å²) in [6.07, 6.45) is 1.51. The van der Waals surface area contributed by atoms with E-state index in [2.05, 4.69) is 15.0 Å². The van der Waals surface area contributed by atoms with E-state index >= 15 is 0 Å². The highest BCUT2D eigenvalue weighted by Crippen LogP contribution is 2.08. The van der Waals surface area contributed by atoms with Crippen LogP contribution in [0.5, 0.6) is 0 Å². The van der Waals surface area contributed by atoms with Crippen LogP contribution < -0.4 is 5.73 Å². The molecule has 0 spiro atoms. The van der Waals surface area contributed by atoms with Crippen molar-refractivity contribution in [3.05, 3.63) is 11.4 Å². The van der Waals surface area contributed by atoms with Gasteiger partial charge in [0, 0.05) is 13.0 Å². The van der Waals surface area contributed by atoms with E-state index < -0.39 is 5.97 Å². The number of nitrogens with zero attached hydrogens (tertiary/aromatic N) is 3. The molecule has 0 saturated carbocycles. The predicted molar refractivity (Wildman–Crippen MR) is 54.4 cm³/mol. The number of esters is 1. The third kappa shape index (κ3) is 2.53. The van der Waals surface area contributed by atoms with Gasteiger partial charge in [-0.15, -0.1) is 5.10 Å². The molecule has 0 aromatic carbocycles. The molecular formula is C9H16N4O2. The zero-order valence-electron chi connectivity index (χ0n) is 9.06. The molecule has 1 heterocycles. The van der Waals surface area contributed by atoms with Crippen molar-refractivity contribution in [3.8, 4) is 0 Å². The average Bonchev–Trinajstić information content (AvgIpc) is 2.62. The summed E-state index contributed by atoms with van der Waals surface area (Å²) >= 11 is 0. The molecule has 0 atom stereocenters. The first-order chi connectivity index (χ1) is 7.24. The molecule has 1 aromatic heterocycles. The Kier molecular flexibility index (Phi) is 4.23. The summed E-state index contributed by atoms with van der Waals surface area (Å²) in [5.41, 5.74) is 6.50. The van der Waals surface area contributed by atoms with Crippen molar-refractivity contribution in [3.63, 3.8) is 0 Å². The van der Waals surface area contributed by atoms with Crippen LogP contribution in [0.15, 0.2) is 0 Å². The predicted octanol–water partition coefficient (Wildman–Crippen LogP) is -0.0241. The molecule has 1 rings (SSSR count). The van der Waals surface area contributed by atoms with E-state index in [1.165, 1.54) is 7.11 Å². The molecule has 6 nitrogen and oxygen atoms in total. The van der Waals surface area contributed by atoms with Gasteiger partial charge in [0.2, 0.25) is 0 Å². The van der Waals surface area contributed by atoms with Gasteiger partial charge in [0.05, 0.1) is 12.8 Å². The minimum absolute atomic E-state index is 0.274. The van der Waals surface area contributed by atoms with Gasteiger partial charge in [-0.2, -0.15) is 0 Å². The minimum Gasteiger partial charge on any atom is -0.464 e. The highest BCUT2D eigenvalue weighted by atomic mass is 16.5. The van der Waals surface area contributed by atoms with E-state index in [1.807, 2.05) is 6.92 Å². The quantitative estimate of drug-likeness (QED) is 0.693. The van der Waals surface area contributed by atoms with Crippen LogP contribution in [0.4, 0.5) is 0 Å². The maximum atomic E-state index is 11.3. The first kappa shape index (κ1) is 11.6. The standard InChI is InChI=1S/C9H16N4O2/c1-3-6-13-7(4-5-10)8(11-12-13)9(14)15-2/h3-6,10H2,1-2H3. The first-order valence-electron chi connectivity index (χ1n) is 4.95. The second-order valence-corrected chi connectivity index (χ2v) is 3.14. The summed E-state index contributed by atoms with van der Waals surface area (Å²) in [6, 6.07) is 0. The normalized spacial score (nSPS) is 10.3. The van der Waals surface area contributed by atoms with Gasteiger partial charge < -0.3 is 10.5 Å². The Balaban J connectivity index is 2.99. The number of carbonyl (C=O) groups excluding carboxylic acids is 1. The highest BCUT2D eigenvalue weighted by Gasteiger charge is 2.18. The number of aromatic nitrogens is 3. The van der Waals surface area contributed by atoms with Crippen molar-refractivity contribution in [2.75, 3.05) is 13.7 Å². The van der Waals surface area contributed by atoms with E-state index in [9.17, 15) is 4.79 Å². The number of hydrogen-bond acceptors (Lipinski definition) is 5. The lowest BCUT2D eigenvalue weighted by Gasteiger charge is -2.04. The molecule has 0 aliphatic carbocycles. The maximum absolute atomic E-state index is 11.3. The van der Waals surface area contributed by atoms with Crippen LogP contribution in [0.1, 0.15) is 29.5 Å². The number of aryl methyl sites for hydroxylation is 1. The van der Waals surface area contributed by atoms with Crippen LogP contribution in [-0.4, -0.2) is 34.6 Å². The second-order valence-electron chi connectivity index (χ2n) is 3.14. The molecular weight excluding hydrogens is 196 g/mol. The lowest BCUT2D eigenvalue weighted by molar-refractivity contribution is 0.0592. The molecule has 0 fully saturated rings. The van der Waals surface area contributed by atoms with Gasteiger partial charge in [-0.25, -0.2) is 9.48 Å². The van der Waals surface area contributed by atoms with Crippen molar-refractivity contribution in [2.24, 2.45) is 5.73 Å². The molecule has 0 radical (unpaired) electrons. The van der Waals surface area contributed by atoms with Gasteiger partial charge in [-0.05, 0) is 13.0 Å². The fourth-order valence-corrected chi connectivity index (χ4v) is 1.36. The van der Waals surface area contributed by atoms with E-state index in [-0.39, 0.29) is 5.69 Å². The molecule has 84 valence electrons. The van der Waals surface area contributed by atoms with E-state index in [0.29, 0.717) is 13.0 Å². The number of carbonyl (C=O) groups is 1. The topological polar surface area (TPSA) is 83.0 Å². The van der Waals surface area contributed by atoms with Crippen LogP contribution in [-0.2, 0) is 17.7 Å². The summed E-state index contributed by atoms with van der Waals surface area (Å²) in [5.74, 6) is -0.458. The lowest BCUT2D eigenvalue weighted by atomic mass is 10.2. The van der Waals surface area contributed by atoms with Crippen LogP contribution in [0, 0.1) is 0 Å². The Hall–Kier alpha value is -1.43.